The topological polar surface area (TPSA) is 111 Å². The molecule has 0 unspecified atom stereocenters. The van der Waals surface area contributed by atoms with Crippen LogP contribution in [0, 0.1) is 0 Å². The van der Waals surface area contributed by atoms with Crippen LogP contribution in [0.1, 0.15) is 161 Å². The third-order valence-electron chi connectivity index (χ3n) is 26.2. The Morgan fingerprint density at radius 2 is 0.369 bits per heavy atom. The largest absolute Gasteiger partial charge is 0.359 e. The van der Waals surface area contributed by atoms with E-state index in [1.807, 2.05) is 0 Å². The molecule has 0 spiro atoms. The number of hydrogen-bond acceptors (Lipinski definition) is 12. The van der Waals surface area contributed by atoms with E-state index in [9.17, 15) is 0 Å². The third-order valence-corrected chi connectivity index (χ3v) is 26.5. The van der Waals surface area contributed by atoms with Crippen molar-refractivity contribution >= 4 is 11.6 Å². The van der Waals surface area contributed by atoms with E-state index >= 15 is 0 Å². The van der Waals surface area contributed by atoms with Gasteiger partial charge in [-0.25, -0.2) is 0 Å². The highest BCUT2D eigenvalue weighted by molar-refractivity contribution is 6.33. The Hall–Kier alpha value is -7.99. The molecule has 0 saturated heterocycles. The molecule has 36 rings (SSSR count). The maximum absolute atomic E-state index is 7.28. The average molecular weight is 1510 g/mol. The summed E-state index contributed by atoms with van der Waals surface area (Å²) in [4.78, 5) is 0. The molecule has 578 valence electrons. The van der Waals surface area contributed by atoms with Gasteiger partial charge in [-0.05, 0) is 225 Å². The van der Waals surface area contributed by atoms with Crippen molar-refractivity contribution in [3.05, 3.63) is 286 Å². The highest BCUT2D eigenvalue weighted by atomic mass is 35.5. The van der Waals surface area contributed by atoms with Crippen LogP contribution in [0.2, 0.25) is 5.02 Å². The number of benzene rings is 10. The van der Waals surface area contributed by atoms with Crippen LogP contribution in [-0.4, -0.2) is 83.4 Å². The van der Waals surface area contributed by atoms with Crippen LogP contribution in [0.3, 0.4) is 0 Å². The molecule has 0 aliphatic heterocycles. The molecule has 12 nitrogen and oxygen atoms in total. The molecule has 10 aromatic rings. The SMILES string of the molecule is COCOC12CCC(C)(CC1)c1ccc(cc1)-c1ccc(cc1)C1(C)CCC(OCOC)(CC1)c1ccc(cc1)-c1ccc(cc1Cl)-c1ccc(cc1)C1(OCOC)CCC(OCOC)(CC1)c1ccc(cc1)-c1ccc(cc1)C1(OCOC)CCC(OCOC)(CC1)c1ccc(cc1)-c1ccc(cc1)-c1ccc2cc1. The first-order chi connectivity index (χ1) is 54.1. The molecular weight excluding hydrogens is 1400 g/mol. The Morgan fingerprint density at radius 1 is 0.207 bits per heavy atom. The number of rotatable bonds is 18. The number of methoxy groups -OCH3 is 6. The minimum atomic E-state index is -0.611. The van der Waals surface area contributed by atoms with E-state index in [-0.39, 0.29) is 51.6 Å². The van der Waals surface area contributed by atoms with E-state index in [2.05, 4.69) is 250 Å². The Balaban J connectivity index is 0.711. The van der Waals surface area contributed by atoms with Gasteiger partial charge in [-0.1, -0.05) is 256 Å². The maximum atomic E-state index is 7.28. The molecular formula is C98H107ClO12. The maximum Gasteiger partial charge on any atom is 0.147 e. The van der Waals surface area contributed by atoms with E-state index in [0.29, 0.717) is 56.4 Å². The van der Waals surface area contributed by atoms with Crippen LogP contribution in [-0.2, 0) is 101 Å². The van der Waals surface area contributed by atoms with E-state index in [1.54, 1.807) is 42.7 Å². The van der Waals surface area contributed by atoms with E-state index < -0.39 is 33.6 Å². The predicted octanol–water partition coefficient (Wildman–Crippen LogP) is 23.2. The lowest BCUT2D eigenvalue weighted by Crippen LogP contribution is -2.43. The second kappa shape index (κ2) is 33.6. The first-order valence-corrected chi connectivity index (χ1v) is 40.0. The summed E-state index contributed by atoms with van der Waals surface area (Å²) in [7, 11) is 10.1. The first kappa shape index (κ1) is 78.3. The summed E-state index contributed by atoms with van der Waals surface area (Å²) in [5.41, 5.74) is 19.5. The summed E-state index contributed by atoms with van der Waals surface area (Å²) in [6.07, 6.45) is 13.0. The van der Waals surface area contributed by atoms with Crippen molar-refractivity contribution in [3.8, 4) is 66.8 Å². The van der Waals surface area contributed by atoms with Gasteiger partial charge in [0.15, 0.2) is 0 Å². The lowest BCUT2D eigenvalue weighted by atomic mass is 9.64. The fourth-order valence-electron chi connectivity index (χ4n) is 18.9. The molecule has 26 aliphatic rings. The minimum absolute atomic E-state index is 0.00719. The van der Waals surface area contributed by atoms with Gasteiger partial charge in [0.05, 0.1) is 33.6 Å². The number of halogens is 1. The Bertz CT molecular complexity index is 4680. The average Bonchev–Trinajstić information content (AvgIpc) is 0.778. The Morgan fingerprint density at radius 3 is 0.568 bits per heavy atom. The number of hydrogen-bond donors (Lipinski definition) is 0. The second-order valence-electron chi connectivity index (χ2n) is 32.3. The van der Waals surface area contributed by atoms with Gasteiger partial charge >= 0.3 is 0 Å². The van der Waals surface area contributed by atoms with Crippen molar-refractivity contribution in [2.75, 3.05) is 83.4 Å². The molecule has 111 heavy (non-hydrogen) atoms. The van der Waals surface area contributed by atoms with Crippen molar-refractivity contribution in [3.63, 3.8) is 0 Å². The van der Waals surface area contributed by atoms with E-state index in [4.69, 9.17) is 68.4 Å². The molecule has 28 bridgehead atoms. The molecule has 0 aromatic heterocycles. The normalized spacial score (nSPS) is 25.7. The molecule has 0 radical (unpaired) electrons. The highest BCUT2D eigenvalue weighted by Crippen LogP contribution is 2.55. The van der Waals surface area contributed by atoms with Gasteiger partial charge in [0.2, 0.25) is 0 Å². The summed E-state index contributed by atoms with van der Waals surface area (Å²) < 4.78 is 74.3. The minimum Gasteiger partial charge on any atom is -0.359 e. The molecule has 4 fully saturated rings. The van der Waals surface area contributed by atoms with Gasteiger partial charge in [-0.3, -0.25) is 0 Å². The summed E-state index contributed by atoms with van der Waals surface area (Å²) in [6.45, 7) is 5.95. The first-order valence-electron chi connectivity index (χ1n) is 39.6. The fraction of sp³-hybridized carbons (Fsp3) is 0.388. The van der Waals surface area contributed by atoms with Crippen LogP contribution < -0.4 is 0 Å². The van der Waals surface area contributed by atoms with Crippen LogP contribution >= 0.6 is 11.6 Å². The molecule has 26 aliphatic carbocycles. The molecule has 4 saturated carbocycles. The van der Waals surface area contributed by atoms with Crippen molar-refractivity contribution in [1.29, 1.82) is 0 Å². The van der Waals surface area contributed by atoms with Crippen molar-refractivity contribution in [1.82, 2.24) is 0 Å². The van der Waals surface area contributed by atoms with Crippen molar-refractivity contribution in [2.45, 2.75) is 161 Å². The van der Waals surface area contributed by atoms with Crippen LogP contribution in [0.5, 0.6) is 0 Å². The molecule has 0 N–H and O–H groups in total. The quantitative estimate of drug-likeness (QED) is 0.0763. The standard InChI is InChI=1S/C98H107ClO12/c1-91-47-51-93(52-48-91,106-64-100-3)83-34-17-74(18-35-83)70-9-11-71(12-10-70)75-19-36-84(37-20-75)95(108-66-102-5)55-57-96(58-56-95,109-67-103-6)85-38-21-76(22-39-85)77-23-40-86(41-24-77)97(110-68-104-7)59-61-98(62-60-97,111-69-105-8)87-42-25-78(26-43-87)80-29-46-89(90(99)63-80)79-27-44-88(45-28-79)94(107-65-101-4)53-49-92(2,50-54-94)82-32-15-73(16-33-82)72-13-30-81(91)31-14-72/h9-46,63H,47-62,64-69H2,1-8H3. The molecule has 0 atom stereocenters. The highest BCUT2D eigenvalue weighted by Gasteiger charge is 2.50. The number of ether oxygens (including phenoxy) is 12. The zero-order chi connectivity index (χ0) is 76.7. The summed E-state index contributed by atoms with van der Waals surface area (Å²) in [5, 5.41) is 0.683. The Kier molecular flexibility index (Phi) is 23.7. The molecule has 13 heteroatoms. The summed E-state index contributed by atoms with van der Waals surface area (Å²) in [6, 6.07) is 87.2. The smallest absolute Gasteiger partial charge is 0.147 e. The molecule has 0 amide bonds. The lowest BCUT2D eigenvalue weighted by molar-refractivity contribution is -0.203. The van der Waals surface area contributed by atoms with Crippen LogP contribution in [0.4, 0.5) is 0 Å². The van der Waals surface area contributed by atoms with Crippen LogP contribution in [0.15, 0.2) is 237 Å². The monoisotopic (exact) mass is 1510 g/mol. The van der Waals surface area contributed by atoms with E-state index in [1.165, 1.54) is 27.8 Å². The summed E-state index contributed by atoms with van der Waals surface area (Å²) >= 11 is 7.28. The van der Waals surface area contributed by atoms with Crippen molar-refractivity contribution in [2.24, 2.45) is 0 Å². The second-order valence-corrected chi connectivity index (χ2v) is 32.7. The zero-order valence-electron chi connectivity index (χ0n) is 65.8. The van der Waals surface area contributed by atoms with Gasteiger partial charge < -0.3 is 56.8 Å². The van der Waals surface area contributed by atoms with Crippen molar-refractivity contribution < 1.29 is 56.8 Å². The van der Waals surface area contributed by atoms with Gasteiger partial charge in [0, 0.05) is 53.2 Å². The third kappa shape index (κ3) is 15.9. The Labute approximate surface area is 661 Å². The van der Waals surface area contributed by atoms with Gasteiger partial charge in [0.1, 0.15) is 40.8 Å². The van der Waals surface area contributed by atoms with Gasteiger partial charge in [-0.2, -0.15) is 0 Å². The summed E-state index contributed by atoms with van der Waals surface area (Å²) in [5.74, 6) is 0. The van der Waals surface area contributed by atoms with E-state index in [0.717, 1.165) is 135 Å². The lowest BCUT2D eigenvalue weighted by Gasteiger charge is -2.46. The zero-order valence-corrected chi connectivity index (χ0v) is 66.6. The molecule has 10 aromatic carbocycles. The predicted molar refractivity (Wildman–Crippen MR) is 440 cm³/mol. The van der Waals surface area contributed by atoms with Gasteiger partial charge in [-0.15, -0.1) is 0 Å². The van der Waals surface area contributed by atoms with Gasteiger partial charge in [0.25, 0.3) is 0 Å². The van der Waals surface area contributed by atoms with Crippen LogP contribution in [0.25, 0.3) is 66.8 Å². The molecule has 0 heterocycles. The fourth-order valence-corrected chi connectivity index (χ4v) is 19.2.